The Kier molecular flexibility index (Phi) is 38.7. The van der Waals surface area contributed by atoms with E-state index in [-0.39, 0.29) is 25.8 Å². The lowest BCUT2D eigenvalue weighted by Gasteiger charge is -2.28. The molecule has 0 N–H and O–H groups in total. The molecule has 0 aromatic rings. The first-order valence-corrected chi connectivity index (χ1v) is 24.0. The predicted octanol–water partition coefficient (Wildman–Crippen LogP) is 12.7. The fraction of sp³-hybridized carbons (Fsp3) is 0.766. The molecule has 0 amide bonds. The molecule has 0 aliphatic carbocycles. The average molecular weight is 808 g/mol. The number of esters is 1. The molecule has 0 saturated carbocycles. The van der Waals surface area contributed by atoms with E-state index in [9.17, 15) is 14.3 Å². The first-order valence-electron chi connectivity index (χ1n) is 22.5. The molecule has 0 saturated heterocycles. The van der Waals surface area contributed by atoms with E-state index in [1.807, 2.05) is 21.1 Å². The SMILES string of the molecule is CC/C=C\C/C=C\C/C=C\C/C=C\CCCCCCCCCCCCC(=O)OC(COCCCCCCCC/C=C\CCC)COP(=O)([O-])OCC[N+](C)(C)C. The quantitative estimate of drug-likeness (QED) is 0.0200. The first-order chi connectivity index (χ1) is 27.1. The van der Waals surface area contributed by atoms with Crippen molar-refractivity contribution in [2.45, 2.75) is 180 Å². The van der Waals surface area contributed by atoms with Crippen molar-refractivity contribution in [2.24, 2.45) is 0 Å². The molecule has 0 radical (unpaired) electrons. The van der Waals surface area contributed by atoms with Crippen molar-refractivity contribution in [2.75, 3.05) is 54.1 Å². The number of phosphoric acid groups is 1. The Bertz CT molecular complexity index is 1080. The van der Waals surface area contributed by atoms with Crippen LogP contribution in [0.1, 0.15) is 174 Å². The Morgan fingerprint density at radius 1 is 0.571 bits per heavy atom. The number of phosphoric ester groups is 1. The number of hydrogen-bond acceptors (Lipinski definition) is 7. The van der Waals surface area contributed by atoms with Crippen LogP contribution in [0.5, 0.6) is 0 Å². The second kappa shape index (κ2) is 40.0. The number of quaternary nitrogens is 1. The van der Waals surface area contributed by atoms with Crippen LogP contribution in [0, 0.1) is 0 Å². The zero-order valence-electron chi connectivity index (χ0n) is 36.8. The number of ether oxygens (including phenoxy) is 2. The molecule has 0 fully saturated rings. The minimum absolute atomic E-state index is 0.0219. The van der Waals surface area contributed by atoms with Crippen LogP contribution in [0.2, 0.25) is 0 Å². The fourth-order valence-corrected chi connectivity index (χ4v) is 6.56. The molecule has 0 aromatic carbocycles. The maximum atomic E-state index is 12.7. The van der Waals surface area contributed by atoms with Crippen LogP contribution in [0.15, 0.2) is 60.8 Å². The van der Waals surface area contributed by atoms with Gasteiger partial charge in [0.05, 0.1) is 34.4 Å². The van der Waals surface area contributed by atoms with Crippen molar-refractivity contribution < 1.29 is 37.3 Å². The highest BCUT2D eigenvalue weighted by Crippen LogP contribution is 2.38. The molecule has 2 unspecified atom stereocenters. The van der Waals surface area contributed by atoms with Crippen LogP contribution in [0.3, 0.4) is 0 Å². The van der Waals surface area contributed by atoms with Crippen LogP contribution in [0.4, 0.5) is 0 Å². The summed E-state index contributed by atoms with van der Waals surface area (Å²) in [5.74, 6) is -0.344. The average Bonchev–Trinajstić information content (AvgIpc) is 3.15. The molecule has 56 heavy (non-hydrogen) atoms. The van der Waals surface area contributed by atoms with Crippen molar-refractivity contribution in [3.8, 4) is 0 Å². The maximum absolute atomic E-state index is 12.7. The summed E-state index contributed by atoms with van der Waals surface area (Å²) < 4.78 is 34.5. The van der Waals surface area contributed by atoms with Gasteiger partial charge < -0.3 is 27.9 Å². The van der Waals surface area contributed by atoms with Gasteiger partial charge in [-0.1, -0.05) is 158 Å². The molecule has 0 aliphatic rings. The van der Waals surface area contributed by atoms with Gasteiger partial charge in [0.15, 0.2) is 0 Å². The topological polar surface area (TPSA) is 94.1 Å². The number of unbranched alkanes of at least 4 members (excludes halogenated alkanes) is 17. The molecule has 0 heterocycles. The normalized spacial score (nSPS) is 14.3. The van der Waals surface area contributed by atoms with E-state index in [4.69, 9.17) is 18.5 Å². The monoisotopic (exact) mass is 808 g/mol. The molecular formula is C47H86NO7P. The highest BCUT2D eigenvalue weighted by molar-refractivity contribution is 7.45. The lowest BCUT2D eigenvalue weighted by molar-refractivity contribution is -0.870. The van der Waals surface area contributed by atoms with Gasteiger partial charge >= 0.3 is 5.97 Å². The van der Waals surface area contributed by atoms with Crippen molar-refractivity contribution in [3.63, 3.8) is 0 Å². The van der Waals surface area contributed by atoms with Gasteiger partial charge in [0.1, 0.15) is 19.3 Å². The maximum Gasteiger partial charge on any atom is 0.306 e. The van der Waals surface area contributed by atoms with E-state index in [1.165, 1.54) is 89.9 Å². The fourth-order valence-electron chi connectivity index (χ4n) is 5.83. The van der Waals surface area contributed by atoms with Crippen LogP contribution in [-0.2, 0) is 27.9 Å². The van der Waals surface area contributed by atoms with Crippen molar-refractivity contribution >= 4 is 13.8 Å². The summed E-state index contributed by atoms with van der Waals surface area (Å²) in [5.41, 5.74) is 0. The van der Waals surface area contributed by atoms with Gasteiger partial charge in [-0.15, -0.1) is 0 Å². The smallest absolute Gasteiger partial charge is 0.306 e. The summed E-state index contributed by atoms with van der Waals surface area (Å²) in [5, 5.41) is 0. The Balaban J connectivity index is 4.15. The van der Waals surface area contributed by atoms with Crippen LogP contribution in [-0.4, -0.2) is 70.7 Å². The third kappa shape index (κ3) is 43.3. The zero-order chi connectivity index (χ0) is 41.3. The van der Waals surface area contributed by atoms with Gasteiger partial charge in [-0.3, -0.25) is 9.36 Å². The van der Waals surface area contributed by atoms with E-state index in [0.29, 0.717) is 24.1 Å². The molecule has 9 heteroatoms. The Hall–Kier alpha value is -1.80. The van der Waals surface area contributed by atoms with E-state index in [1.54, 1.807) is 0 Å². The zero-order valence-corrected chi connectivity index (χ0v) is 37.7. The minimum atomic E-state index is -4.53. The number of carbonyl (C=O) groups excluding carboxylic acids is 1. The van der Waals surface area contributed by atoms with Crippen LogP contribution < -0.4 is 4.89 Å². The molecular weight excluding hydrogens is 721 g/mol. The third-order valence-corrected chi connectivity index (χ3v) is 10.2. The number of carbonyl (C=O) groups is 1. The van der Waals surface area contributed by atoms with Gasteiger partial charge in [0.2, 0.25) is 0 Å². The summed E-state index contributed by atoms with van der Waals surface area (Å²) in [7, 11) is 1.34. The van der Waals surface area contributed by atoms with Gasteiger partial charge in [0.25, 0.3) is 7.82 Å². The summed E-state index contributed by atoms with van der Waals surface area (Å²) in [4.78, 5) is 25.0. The van der Waals surface area contributed by atoms with Crippen molar-refractivity contribution in [1.29, 1.82) is 0 Å². The number of rotatable bonds is 41. The Labute approximate surface area is 345 Å². The third-order valence-electron chi connectivity index (χ3n) is 9.28. The lowest BCUT2D eigenvalue weighted by Crippen LogP contribution is -2.37. The lowest BCUT2D eigenvalue weighted by atomic mass is 10.0. The molecule has 0 rings (SSSR count). The highest BCUT2D eigenvalue weighted by Gasteiger charge is 2.20. The number of allylic oxidation sites excluding steroid dienone is 10. The second-order valence-corrected chi connectivity index (χ2v) is 17.4. The van der Waals surface area contributed by atoms with Gasteiger partial charge in [-0.25, -0.2) is 0 Å². The Morgan fingerprint density at radius 3 is 1.57 bits per heavy atom. The highest BCUT2D eigenvalue weighted by atomic mass is 31.2. The number of likely N-dealkylation sites (N-methyl/N-ethyl adjacent to an activating group) is 1. The molecule has 0 aliphatic heterocycles. The summed E-state index contributed by atoms with van der Waals surface area (Å²) in [6.45, 7) is 5.22. The van der Waals surface area contributed by atoms with E-state index < -0.39 is 13.9 Å². The second-order valence-electron chi connectivity index (χ2n) is 16.0. The molecule has 2 atom stereocenters. The van der Waals surface area contributed by atoms with Gasteiger partial charge in [0, 0.05) is 13.0 Å². The molecule has 0 spiro atoms. The van der Waals surface area contributed by atoms with Gasteiger partial charge in [-0.2, -0.15) is 0 Å². The van der Waals surface area contributed by atoms with Crippen molar-refractivity contribution in [1.82, 2.24) is 0 Å². The summed E-state index contributed by atoms with van der Waals surface area (Å²) in [6, 6.07) is 0. The molecule has 8 nitrogen and oxygen atoms in total. The Morgan fingerprint density at radius 2 is 1.04 bits per heavy atom. The minimum Gasteiger partial charge on any atom is -0.756 e. The number of nitrogens with zero attached hydrogens (tertiary/aromatic N) is 1. The largest absolute Gasteiger partial charge is 0.756 e. The van der Waals surface area contributed by atoms with E-state index >= 15 is 0 Å². The van der Waals surface area contributed by atoms with Crippen LogP contribution >= 0.6 is 7.82 Å². The summed E-state index contributed by atoms with van der Waals surface area (Å²) >= 11 is 0. The predicted molar refractivity (Wildman–Crippen MR) is 236 cm³/mol. The summed E-state index contributed by atoms with van der Waals surface area (Å²) in [6.07, 6.45) is 49.5. The number of hydrogen-bond donors (Lipinski definition) is 0. The first kappa shape index (κ1) is 54.2. The molecule has 326 valence electrons. The molecule has 0 bridgehead atoms. The van der Waals surface area contributed by atoms with Crippen molar-refractivity contribution in [3.05, 3.63) is 60.8 Å². The molecule has 0 aromatic heterocycles. The van der Waals surface area contributed by atoms with E-state index in [0.717, 1.165) is 64.2 Å². The van der Waals surface area contributed by atoms with Gasteiger partial charge in [-0.05, 0) is 70.6 Å². The van der Waals surface area contributed by atoms with E-state index in [2.05, 4.69) is 74.6 Å². The standard InChI is InChI=1S/C47H86NO7P/c1-6-8-10-12-14-16-18-19-20-21-22-23-24-25-26-27-28-29-30-32-34-36-38-40-47(49)55-46(45-54-56(50,51)53-43-41-48(3,4)5)44-52-42-39-37-35-33-31-17-15-13-11-9-7-2/h8,10-11,13-14,16,19-20,22-23,46H,6-7,9,12,15,17-18,21,24-45H2,1-5H3/b10-8-,13-11-,16-14-,20-19-,23-22-. The van der Waals surface area contributed by atoms with Crippen LogP contribution in [0.25, 0.3) is 0 Å².